The van der Waals surface area contributed by atoms with Crippen LogP contribution in [0.3, 0.4) is 0 Å². The van der Waals surface area contributed by atoms with Crippen LogP contribution < -0.4 is 15.4 Å². The molecule has 0 saturated carbocycles. The molecule has 0 amide bonds. The van der Waals surface area contributed by atoms with Crippen molar-refractivity contribution < 1.29 is 4.74 Å². The van der Waals surface area contributed by atoms with Gasteiger partial charge in [-0.25, -0.2) is 0 Å². The molecule has 134 valence electrons. The number of benzene rings is 1. The lowest BCUT2D eigenvalue weighted by atomic mass is 10.2. The molecule has 25 heavy (non-hydrogen) atoms. The van der Waals surface area contributed by atoms with Gasteiger partial charge in [-0.3, -0.25) is 4.99 Å². The average molecular weight is 342 g/mol. The molecule has 0 aliphatic carbocycles. The summed E-state index contributed by atoms with van der Waals surface area (Å²) in [5.41, 5.74) is 1.09. The lowest BCUT2D eigenvalue weighted by molar-refractivity contribution is 0.409. The summed E-state index contributed by atoms with van der Waals surface area (Å²) in [6.45, 7) is 2.26. The molecule has 3 rings (SSSR count). The highest BCUT2D eigenvalue weighted by molar-refractivity contribution is 5.79. The molecule has 0 fully saturated rings. The van der Waals surface area contributed by atoms with E-state index in [4.69, 9.17) is 4.74 Å². The Morgan fingerprint density at radius 3 is 2.84 bits per heavy atom. The number of hydrogen-bond acceptors (Lipinski definition) is 4. The van der Waals surface area contributed by atoms with Crippen LogP contribution in [0.25, 0.3) is 0 Å². The highest BCUT2D eigenvalue weighted by atomic mass is 16.5. The van der Waals surface area contributed by atoms with Crippen LogP contribution >= 0.6 is 0 Å². The summed E-state index contributed by atoms with van der Waals surface area (Å²) in [5.74, 6) is 3.67. The van der Waals surface area contributed by atoms with Crippen molar-refractivity contribution in [1.82, 2.24) is 25.4 Å². The highest BCUT2D eigenvalue weighted by Crippen LogP contribution is 2.17. The number of para-hydroxylation sites is 1. The van der Waals surface area contributed by atoms with E-state index in [2.05, 4.69) is 30.4 Å². The molecule has 1 aliphatic heterocycles. The minimum atomic E-state index is 0.610. The molecule has 1 aliphatic rings. The number of aryl methyl sites for hydroxylation is 1. The number of nitrogens with one attached hydrogen (secondary N) is 2. The molecular formula is C18H26N6O. The molecule has 2 heterocycles. The average Bonchev–Trinajstić information content (AvgIpc) is 2.88. The van der Waals surface area contributed by atoms with E-state index in [0.29, 0.717) is 13.1 Å². The van der Waals surface area contributed by atoms with Crippen LogP contribution in [-0.2, 0) is 26.1 Å². The van der Waals surface area contributed by atoms with Crippen molar-refractivity contribution in [3.63, 3.8) is 0 Å². The van der Waals surface area contributed by atoms with Gasteiger partial charge >= 0.3 is 0 Å². The van der Waals surface area contributed by atoms with Gasteiger partial charge in [-0.05, 0) is 18.9 Å². The smallest absolute Gasteiger partial charge is 0.191 e. The first-order valence-corrected chi connectivity index (χ1v) is 8.79. The van der Waals surface area contributed by atoms with Crippen LogP contribution in [0.2, 0.25) is 0 Å². The topological polar surface area (TPSA) is 76.4 Å². The third kappa shape index (κ3) is 4.29. The number of guanidine groups is 1. The molecular weight excluding hydrogens is 316 g/mol. The summed E-state index contributed by atoms with van der Waals surface area (Å²) in [4.78, 5) is 4.28. The Labute approximate surface area is 148 Å². The molecule has 2 N–H and O–H groups in total. The second-order valence-corrected chi connectivity index (χ2v) is 6.09. The highest BCUT2D eigenvalue weighted by Gasteiger charge is 2.14. The Balaban J connectivity index is 1.57. The van der Waals surface area contributed by atoms with Gasteiger partial charge in [0, 0.05) is 32.1 Å². The zero-order valence-electron chi connectivity index (χ0n) is 15.0. The van der Waals surface area contributed by atoms with Gasteiger partial charge in [0.05, 0.1) is 13.7 Å². The number of nitrogens with zero attached hydrogens (tertiary/aromatic N) is 4. The minimum Gasteiger partial charge on any atom is -0.496 e. The van der Waals surface area contributed by atoms with Crippen LogP contribution in [0.4, 0.5) is 0 Å². The quantitative estimate of drug-likeness (QED) is 0.641. The number of aromatic nitrogens is 3. The summed E-state index contributed by atoms with van der Waals surface area (Å²) < 4.78 is 7.63. The van der Waals surface area contributed by atoms with Crippen molar-refractivity contribution in [3.8, 4) is 5.75 Å². The zero-order chi connectivity index (χ0) is 17.5. The second-order valence-electron chi connectivity index (χ2n) is 6.09. The summed E-state index contributed by atoms with van der Waals surface area (Å²) in [5, 5.41) is 15.3. The number of hydrogen-bond donors (Lipinski definition) is 2. The van der Waals surface area contributed by atoms with Gasteiger partial charge in [0.2, 0.25) is 0 Å². The van der Waals surface area contributed by atoms with E-state index in [1.54, 1.807) is 14.2 Å². The summed E-state index contributed by atoms with van der Waals surface area (Å²) in [6, 6.07) is 7.96. The van der Waals surface area contributed by atoms with Crippen molar-refractivity contribution in [2.24, 2.45) is 4.99 Å². The number of ether oxygens (including phenoxy) is 1. The Morgan fingerprint density at radius 1 is 1.16 bits per heavy atom. The SMILES string of the molecule is CN=C(NCc1ccccc1OC)NCc1nnc2n1CCCCC2. The Morgan fingerprint density at radius 2 is 2.00 bits per heavy atom. The van der Waals surface area contributed by atoms with E-state index in [-0.39, 0.29) is 0 Å². The third-order valence-corrected chi connectivity index (χ3v) is 4.46. The molecule has 0 unspecified atom stereocenters. The molecule has 7 heteroatoms. The van der Waals surface area contributed by atoms with Crippen molar-refractivity contribution in [2.75, 3.05) is 14.2 Å². The van der Waals surface area contributed by atoms with Gasteiger partial charge in [0.25, 0.3) is 0 Å². The van der Waals surface area contributed by atoms with E-state index in [9.17, 15) is 0 Å². The van der Waals surface area contributed by atoms with Gasteiger partial charge in [-0.1, -0.05) is 24.6 Å². The van der Waals surface area contributed by atoms with Crippen molar-refractivity contribution in [1.29, 1.82) is 0 Å². The summed E-state index contributed by atoms with van der Waals surface area (Å²) in [6.07, 6.45) is 4.68. The van der Waals surface area contributed by atoms with Crippen LogP contribution in [0.1, 0.15) is 36.5 Å². The zero-order valence-corrected chi connectivity index (χ0v) is 15.0. The number of fused-ring (bicyclic) bond motifs is 1. The van der Waals surface area contributed by atoms with Crippen molar-refractivity contribution in [3.05, 3.63) is 41.5 Å². The maximum Gasteiger partial charge on any atom is 0.191 e. The molecule has 7 nitrogen and oxygen atoms in total. The first-order valence-electron chi connectivity index (χ1n) is 8.79. The van der Waals surface area contributed by atoms with Gasteiger partial charge in [-0.15, -0.1) is 10.2 Å². The van der Waals surface area contributed by atoms with Gasteiger partial charge in [0.1, 0.15) is 11.6 Å². The normalized spacial score (nSPS) is 14.6. The molecule has 2 aromatic rings. The molecule has 1 aromatic carbocycles. The molecule has 1 aromatic heterocycles. The predicted octanol–water partition coefficient (Wildman–Crippen LogP) is 1.88. The van der Waals surface area contributed by atoms with E-state index >= 15 is 0 Å². The van der Waals surface area contributed by atoms with Gasteiger partial charge in [0.15, 0.2) is 11.8 Å². The lowest BCUT2D eigenvalue weighted by Crippen LogP contribution is -2.37. The van der Waals surface area contributed by atoms with E-state index in [1.165, 1.54) is 19.3 Å². The lowest BCUT2D eigenvalue weighted by Gasteiger charge is -2.14. The number of rotatable bonds is 5. The fourth-order valence-electron chi connectivity index (χ4n) is 3.09. The Hall–Kier alpha value is -2.57. The Kier molecular flexibility index (Phi) is 5.87. The molecule has 0 radical (unpaired) electrons. The molecule has 0 bridgehead atoms. The van der Waals surface area contributed by atoms with Gasteiger partial charge < -0.3 is 19.9 Å². The third-order valence-electron chi connectivity index (χ3n) is 4.46. The van der Waals surface area contributed by atoms with Crippen LogP contribution in [-0.4, -0.2) is 34.9 Å². The second kappa shape index (κ2) is 8.50. The van der Waals surface area contributed by atoms with E-state index in [1.807, 2.05) is 24.3 Å². The largest absolute Gasteiger partial charge is 0.496 e. The van der Waals surface area contributed by atoms with Crippen LogP contribution in [0, 0.1) is 0 Å². The predicted molar refractivity (Wildman–Crippen MR) is 97.6 cm³/mol. The van der Waals surface area contributed by atoms with Crippen molar-refractivity contribution in [2.45, 2.75) is 45.3 Å². The molecule has 0 spiro atoms. The van der Waals surface area contributed by atoms with E-state index in [0.717, 1.165) is 41.9 Å². The van der Waals surface area contributed by atoms with E-state index < -0.39 is 0 Å². The monoisotopic (exact) mass is 342 g/mol. The first-order chi connectivity index (χ1) is 12.3. The standard InChI is InChI=1S/C18H26N6O/c1-19-18(20-12-14-8-5-6-9-15(14)25-2)21-13-17-23-22-16-10-4-3-7-11-24(16)17/h5-6,8-9H,3-4,7,10-13H2,1-2H3,(H2,19,20,21). The van der Waals surface area contributed by atoms with Crippen molar-refractivity contribution >= 4 is 5.96 Å². The summed E-state index contributed by atoms with van der Waals surface area (Å²) in [7, 11) is 3.45. The molecule has 0 saturated heterocycles. The maximum atomic E-state index is 5.38. The molecule has 0 atom stereocenters. The number of methoxy groups -OCH3 is 1. The Bertz CT molecular complexity index is 724. The first kappa shape index (κ1) is 17.3. The maximum absolute atomic E-state index is 5.38. The number of aliphatic imine (C=N–C) groups is 1. The van der Waals surface area contributed by atoms with Crippen LogP contribution in [0.15, 0.2) is 29.3 Å². The summed E-state index contributed by atoms with van der Waals surface area (Å²) >= 11 is 0. The van der Waals surface area contributed by atoms with Gasteiger partial charge in [-0.2, -0.15) is 0 Å². The van der Waals surface area contributed by atoms with Crippen LogP contribution in [0.5, 0.6) is 5.75 Å². The fourth-order valence-corrected chi connectivity index (χ4v) is 3.09. The minimum absolute atomic E-state index is 0.610. The fraction of sp³-hybridized carbons (Fsp3) is 0.500.